The molecular formula is C17H14ClFN4O2S. The number of halogens is 2. The van der Waals surface area contributed by atoms with Crippen molar-refractivity contribution in [1.29, 1.82) is 0 Å². The first-order valence-corrected chi connectivity index (χ1v) is 9.35. The number of benzene rings is 2. The van der Waals surface area contributed by atoms with Gasteiger partial charge in [0.15, 0.2) is 0 Å². The Morgan fingerprint density at radius 2 is 1.81 bits per heavy atom. The standard InChI is InChI=1S/C17H14ClFN4O2S/c1-12-16(11-20-22-26(24,25)15-5-3-2-4-6-15)17(18)23(21-12)14-9-7-13(19)8-10-14/h2-11,22H,1H3/b20-11-. The number of nitrogens with zero attached hydrogens (tertiary/aromatic N) is 3. The van der Waals surface area contributed by atoms with Crippen LogP contribution >= 0.6 is 11.6 Å². The molecule has 0 amide bonds. The largest absolute Gasteiger partial charge is 0.276 e. The first-order valence-electron chi connectivity index (χ1n) is 7.49. The molecule has 1 heterocycles. The van der Waals surface area contributed by atoms with Crippen molar-refractivity contribution in [3.63, 3.8) is 0 Å². The molecule has 6 nitrogen and oxygen atoms in total. The molecule has 3 aromatic rings. The normalized spacial score (nSPS) is 11.8. The highest BCUT2D eigenvalue weighted by atomic mass is 35.5. The lowest BCUT2D eigenvalue weighted by molar-refractivity contribution is 0.584. The number of aryl methyl sites for hydroxylation is 1. The Kier molecular flexibility index (Phi) is 5.06. The van der Waals surface area contributed by atoms with E-state index < -0.39 is 10.0 Å². The predicted molar refractivity (Wildman–Crippen MR) is 97.6 cm³/mol. The summed E-state index contributed by atoms with van der Waals surface area (Å²) in [5, 5.41) is 8.28. The van der Waals surface area contributed by atoms with Gasteiger partial charge in [-0.3, -0.25) is 0 Å². The Hall–Kier alpha value is -2.71. The molecule has 0 radical (unpaired) electrons. The van der Waals surface area contributed by atoms with E-state index in [0.29, 0.717) is 16.9 Å². The zero-order chi connectivity index (χ0) is 18.7. The molecule has 134 valence electrons. The average Bonchev–Trinajstić information content (AvgIpc) is 2.91. The third kappa shape index (κ3) is 3.76. The topological polar surface area (TPSA) is 76.3 Å². The fourth-order valence-electron chi connectivity index (χ4n) is 2.22. The second-order valence-electron chi connectivity index (χ2n) is 5.34. The first-order chi connectivity index (χ1) is 12.4. The van der Waals surface area contributed by atoms with Gasteiger partial charge in [-0.05, 0) is 43.3 Å². The quantitative estimate of drug-likeness (QED) is 0.534. The number of aromatic nitrogens is 2. The van der Waals surface area contributed by atoms with Crippen LogP contribution in [0.4, 0.5) is 4.39 Å². The van der Waals surface area contributed by atoms with Crippen molar-refractivity contribution >= 4 is 27.8 Å². The van der Waals surface area contributed by atoms with E-state index in [0.717, 1.165) is 0 Å². The van der Waals surface area contributed by atoms with E-state index in [1.807, 2.05) is 0 Å². The van der Waals surface area contributed by atoms with Crippen LogP contribution in [-0.4, -0.2) is 24.4 Å². The minimum absolute atomic E-state index is 0.0991. The number of hydrazone groups is 1. The highest BCUT2D eigenvalue weighted by molar-refractivity contribution is 7.89. The summed E-state index contributed by atoms with van der Waals surface area (Å²) in [6, 6.07) is 13.5. The Balaban J connectivity index is 1.84. The molecule has 0 aliphatic heterocycles. The van der Waals surface area contributed by atoms with Gasteiger partial charge in [0.1, 0.15) is 11.0 Å². The van der Waals surface area contributed by atoms with Crippen molar-refractivity contribution in [1.82, 2.24) is 14.6 Å². The molecule has 0 saturated heterocycles. The molecule has 0 spiro atoms. The summed E-state index contributed by atoms with van der Waals surface area (Å²) in [6.07, 6.45) is 1.28. The smallest absolute Gasteiger partial charge is 0.221 e. The zero-order valence-corrected chi connectivity index (χ0v) is 15.2. The summed E-state index contributed by atoms with van der Waals surface area (Å²) in [5.74, 6) is -0.370. The summed E-state index contributed by atoms with van der Waals surface area (Å²) >= 11 is 6.31. The van der Waals surface area contributed by atoms with Gasteiger partial charge < -0.3 is 0 Å². The van der Waals surface area contributed by atoms with Crippen molar-refractivity contribution < 1.29 is 12.8 Å². The van der Waals surface area contributed by atoms with Gasteiger partial charge in [-0.15, -0.1) is 0 Å². The number of sulfonamides is 1. The lowest BCUT2D eigenvalue weighted by atomic mass is 10.3. The SMILES string of the molecule is Cc1nn(-c2ccc(F)cc2)c(Cl)c1/C=N\NS(=O)(=O)c1ccccc1. The Labute approximate surface area is 155 Å². The highest BCUT2D eigenvalue weighted by Gasteiger charge is 2.15. The van der Waals surface area contributed by atoms with Crippen LogP contribution in [0.2, 0.25) is 5.15 Å². The van der Waals surface area contributed by atoms with Crippen molar-refractivity contribution in [3.05, 3.63) is 76.8 Å². The van der Waals surface area contributed by atoms with E-state index in [-0.39, 0.29) is 15.9 Å². The van der Waals surface area contributed by atoms with E-state index in [2.05, 4.69) is 15.0 Å². The van der Waals surface area contributed by atoms with Gasteiger partial charge in [0, 0.05) is 0 Å². The fraction of sp³-hybridized carbons (Fsp3) is 0.0588. The van der Waals surface area contributed by atoms with Crippen molar-refractivity contribution in [3.8, 4) is 5.69 Å². The van der Waals surface area contributed by atoms with Crippen LogP contribution in [-0.2, 0) is 10.0 Å². The molecule has 26 heavy (non-hydrogen) atoms. The van der Waals surface area contributed by atoms with E-state index >= 15 is 0 Å². The Morgan fingerprint density at radius 3 is 2.46 bits per heavy atom. The molecule has 0 fully saturated rings. The molecule has 1 N–H and O–H groups in total. The van der Waals surface area contributed by atoms with Crippen LogP contribution in [0, 0.1) is 12.7 Å². The van der Waals surface area contributed by atoms with Gasteiger partial charge in [0.05, 0.1) is 28.1 Å². The van der Waals surface area contributed by atoms with Gasteiger partial charge >= 0.3 is 0 Å². The maximum atomic E-state index is 13.1. The molecule has 2 aromatic carbocycles. The predicted octanol–water partition coefficient (Wildman–Crippen LogP) is 3.29. The molecule has 0 bridgehead atoms. The second kappa shape index (κ2) is 7.27. The van der Waals surface area contributed by atoms with Crippen LogP contribution in [0.15, 0.2) is 64.6 Å². The molecule has 9 heteroatoms. The third-order valence-electron chi connectivity index (χ3n) is 3.54. The number of hydrogen-bond acceptors (Lipinski definition) is 4. The van der Waals surface area contributed by atoms with Crippen LogP contribution < -0.4 is 4.83 Å². The summed E-state index contributed by atoms with van der Waals surface area (Å²) < 4.78 is 38.8. The number of rotatable bonds is 5. The van der Waals surface area contributed by atoms with Gasteiger partial charge in [-0.25, -0.2) is 13.9 Å². The molecular weight excluding hydrogens is 379 g/mol. The summed E-state index contributed by atoms with van der Waals surface area (Å²) in [4.78, 5) is 2.23. The van der Waals surface area contributed by atoms with Crippen molar-refractivity contribution in [2.75, 3.05) is 0 Å². The number of hydrogen-bond donors (Lipinski definition) is 1. The lowest BCUT2D eigenvalue weighted by Gasteiger charge is -2.03. The van der Waals surface area contributed by atoms with Crippen LogP contribution in [0.3, 0.4) is 0 Å². The minimum Gasteiger partial charge on any atom is -0.221 e. The van der Waals surface area contributed by atoms with E-state index in [1.54, 1.807) is 25.1 Å². The average molecular weight is 393 g/mol. The molecule has 0 saturated carbocycles. The lowest BCUT2D eigenvalue weighted by Crippen LogP contribution is -2.18. The van der Waals surface area contributed by atoms with Crippen LogP contribution in [0.1, 0.15) is 11.3 Å². The molecule has 0 atom stereocenters. The molecule has 0 aliphatic rings. The molecule has 1 aromatic heterocycles. The maximum Gasteiger partial charge on any atom is 0.276 e. The molecule has 0 unspecified atom stereocenters. The summed E-state index contributed by atoms with van der Waals surface area (Å²) in [5.41, 5.74) is 1.57. The van der Waals surface area contributed by atoms with Crippen molar-refractivity contribution in [2.45, 2.75) is 11.8 Å². The van der Waals surface area contributed by atoms with Gasteiger partial charge in [-0.2, -0.15) is 18.6 Å². The van der Waals surface area contributed by atoms with E-state index in [9.17, 15) is 12.8 Å². The van der Waals surface area contributed by atoms with E-state index in [4.69, 9.17) is 11.6 Å². The monoisotopic (exact) mass is 392 g/mol. The first kappa shape index (κ1) is 18.1. The van der Waals surface area contributed by atoms with Crippen LogP contribution in [0.25, 0.3) is 5.69 Å². The Bertz CT molecular complexity index is 1050. The van der Waals surface area contributed by atoms with Gasteiger partial charge in [0.25, 0.3) is 10.0 Å². The second-order valence-corrected chi connectivity index (χ2v) is 7.36. The van der Waals surface area contributed by atoms with Gasteiger partial charge in [-0.1, -0.05) is 29.8 Å². The molecule has 0 aliphatic carbocycles. The minimum atomic E-state index is -3.77. The van der Waals surface area contributed by atoms with Crippen LogP contribution in [0.5, 0.6) is 0 Å². The van der Waals surface area contributed by atoms with E-state index in [1.165, 1.54) is 47.3 Å². The Morgan fingerprint density at radius 1 is 1.15 bits per heavy atom. The third-order valence-corrected chi connectivity index (χ3v) is 5.14. The maximum absolute atomic E-state index is 13.1. The number of nitrogens with one attached hydrogen (secondary N) is 1. The van der Waals surface area contributed by atoms with Crippen molar-refractivity contribution in [2.24, 2.45) is 5.10 Å². The van der Waals surface area contributed by atoms with Gasteiger partial charge in [0.2, 0.25) is 0 Å². The molecule has 3 rings (SSSR count). The highest BCUT2D eigenvalue weighted by Crippen LogP contribution is 2.22. The fourth-order valence-corrected chi connectivity index (χ4v) is 3.36. The summed E-state index contributed by atoms with van der Waals surface area (Å²) in [7, 11) is -3.77. The zero-order valence-electron chi connectivity index (χ0n) is 13.6. The summed E-state index contributed by atoms with van der Waals surface area (Å²) in [6.45, 7) is 1.71.